The van der Waals surface area contributed by atoms with E-state index >= 15 is 0 Å². The molecule has 1 aromatic heterocycles. The van der Waals surface area contributed by atoms with Crippen LogP contribution in [0.5, 0.6) is 0 Å². The molecule has 4 nitrogen and oxygen atoms in total. The molecule has 0 bridgehead atoms. The predicted molar refractivity (Wildman–Crippen MR) is 67.3 cm³/mol. The SMILES string of the molecule is O=C(NCc1ccncn1)c1ccc(Br)cc1. The fourth-order valence-electron chi connectivity index (χ4n) is 1.30. The zero-order valence-electron chi connectivity index (χ0n) is 8.93. The van der Waals surface area contributed by atoms with Gasteiger partial charge in [-0.05, 0) is 30.3 Å². The number of carbonyl (C=O) groups excluding carboxylic acids is 1. The van der Waals surface area contributed by atoms with Crippen LogP contribution in [0.25, 0.3) is 0 Å². The van der Waals surface area contributed by atoms with Crippen LogP contribution in [0.3, 0.4) is 0 Å². The summed E-state index contributed by atoms with van der Waals surface area (Å²) in [4.78, 5) is 19.6. The van der Waals surface area contributed by atoms with Gasteiger partial charge in [-0.15, -0.1) is 0 Å². The van der Waals surface area contributed by atoms with E-state index in [0.29, 0.717) is 12.1 Å². The molecule has 0 atom stereocenters. The maximum Gasteiger partial charge on any atom is 0.251 e. The average molecular weight is 292 g/mol. The van der Waals surface area contributed by atoms with Crippen molar-refractivity contribution in [2.45, 2.75) is 6.54 Å². The van der Waals surface area contributed by atoms with Crippen LogP contribution in [0.4, 0.5) is 0 Å². The highest BCUT2D eigenvalue weighted by molar-refractivity contribution is 9.10. The molecule has 0 aliphatic rings. The number of hydrogen-bond donors (Lipinski definition) is 1. The van der Waals surface area contributed by atoms with Crippen LogP contribution in [-0.2, 0) is 6.54 Å². The second kappa shape index (κ2) is 5.54. The summed E-state index contributed by atoms with van der Waals surface area (Å²) in [6.07, 6.45) is 3.11. The van der Waals surface area contributed by atoms with Gasteiger partial charge < -0.3 is 5.32 Å². The van der Waals surface area contributed by atoms with Crippen molar-refractivity contribution in [3.63, 3.8) is 0 Å². The first-order valence-corrected chi connectivity index (χ1v) is 5.83. The molecular formula is C12H10BrN3O. The highest BCUT2D eigenvalue weighted by Gasteiger charge is 2.04. The second-order valence-electron chi connectivity index (χ2n) is 3.39. The third-order valence-corrected chi connectivity index (χ3v) is 2.71. The van der Waals surface area contributed by atoms with Crippen molar-refractivity contribution >= 4 is 21.8 Å². The fourth-order valence-corrected chi connectivity index (χ4v) is 1.56. The van der Waals surface area contributed by atoms with Crippen molar-refractivity contribution < 1.29 is 4.79 Å². The molecule has 0 fully saturated rings. The standard InChI is InChI=1S/C12H10BrN3O/c13-10-3-1-9(2-4-10)12(17)15-7-11-5-6-14-8-16-11/h1-6,8H,7H2,(H,15,17). The quantitative estimate of drug-likeness (QED) is 0.943. The molecule has 1 heterocycles. The maximum atomic E-state index is 11.8. The maximum absolute atomic E-state index is 11.8. The molecule has 5 heteroatoms. The number of aromatic nitrogens is 2. The Morgan fingerprint density at radius 3 is 2.65 bits per heavy atom. The van der Waals surface area contributed by atoms with Crippen molar-refractivity contribution in [1.82, 2.24) is 15.3 Å². The molecule has 1 N–H and O–H groups in total. The van der Waals surface area contributed by atoms with Crippen molar-refractivity contribution in [2.24, 2.45) is 0 Å². The number of halogens is 1. The summed E-state index contributed by atoms with van der Waals surface area (Å²) in [7, 11) is 0. The van der Waals surface area contributed by atoms with Gasteiger partial charge in [0.2, 0.25) is 0 Å². The van der Waals surface area contributed by atoms with Crippen molar-refractivity contribution in [1.29, 1.82) is 0 Å². The van der Waals surface area contributed by atoms with Crippen LogP contribution in [0, 0.1) is 0 Å². The molecular weight excluding hydrogens is 282 g/mol. The van der Waals surface area contributed by atoms with E-state index in [9.17, 15) is 4.79 Å². The van der Waals surface area contributed by atoms with Crippen LogP contribution in [0.1, 0.15) is 16.1 Å². The van der Waals surface area contributed by atoms with Gasteiger partial charge in [-0.3, -0.25) is 4.79 Å². The van der Waals surface area contributed by atoms with Crippen LogP contribution in [0.15, 0.2) is 47.3 Å². The highest BCUT2D eigenvalue weighted by Crippen LogP contribution is 2.10. The number of hydrogen-bond acceptors (Lipinski definition) is 3. The Labute approximate surface area is 107 Å². The minimum absolute atomic E-state index is 0.115. The largest absolute Gasteiger partial charge is 0.346 e. The van der Waals surface area contributed by atoms with E-state index in [-0.39, 0.29) is 5.91 Å². The van der Waals surface area contributed by atoms with Crippen LogP contribution < -0.4 is 5.32 Å². The molecule has 0 unspecified atom stereocenters. The number of nitrogens with one attached hydrogen (secondary N) is 1. The first-order valence-electron chi connectivity index (χ1n) is 5.04. The van der Waals surface area contributed by atoms with E-state index in [1.807, 2.05) is 12.1 Å². The molecule has 2 aromatic rings. The molecule has 86 valence electrons. The summed E-state index contributed by atoms with van der Waals surface area (Å²) in [6, 6.07) is 8.96. The topological polar surface area (TPSA) is 54.9 Å². The van der Waals surface area contributed by atoms with Gasteiger partial charge in [-0.1, -0.05) is 15.9 Å². The third-order valence-electron chi connectivity index (χ3n) is 2.18. The lowest BCUT2D eigenvalue weighted by atomic mass is 10.2. The van der Waals surface area contributed by atoms with E-state index in [4.69, 9.17) is 0 Å². The molecule has 0 saturated carbocycles. The summed E-state index contributed by atoms with van der Waals surface area (Å²) in [6.45, 7) is 0.400. The molecule has 0 aliphatic heterocycles. The van der Waals surface area contributed by atoms with Crippen LogP contribution in [-0.4, -0.2) is 15.9 Å². The molecule has 0 spiro atoms. The Balaban J connectivity index is 1.96. The number of benzene rings is 1. The van der Waals surface area contributed by atoms with E-state index in [1.54, 1.807) is 24.4 Å². The summed E-state index contributed by atoms with van der Waals surface area (Å²) < 4.78 is 0.949. The Morgan fingerprint density at radius 1 is 1.24 bits per heavy atom. The number of rotatable bonds is 3. The van der Waals surface area contributed by atoms with Gasteiger partial charge >= 0.3 is 0 Å². The normalized spacial score (nSPS) is 9.94. The van der Waals surface area contributed by atoms with E-state index < -0.39 is 0 Å². The minimum atomic E-state index is -0.115. The van der Waals surface area contributed by atoms with Gasteiger partial charge in [0, 0.05) is 16.2 Å². The lowest BCUT2D eigenvalue weighted by Gasteiger charge is -2.04. The minimum Gasteiger partial charge on any atom is -0.346 e. The first-order chi connectivity index (χ1) is 8.25. The zero-order chi connectivity index (χ0) is 12.1. The number of nitrogens with zero attached hydrogens (tertiary/aromatic N) is 2. The zero-order valence-corrected chi connectivity index (χ0v) is 10.5. The molecule has 0 aliphatic carbocycles. The molecule has 17 heavy (non-hydrogen) atoms. The van der Waals surface area contributed by atoms with E-state index in [0.717, 1.165) is 10.2 Å². The fraction of sp³-hybridized carbons (Fsp3) is 0.0833. The molecule has 1 aromatic carbocycles. The molecule has 1 amide bonds. The lowest BCUT2D eigenvalue weighted by molar-refractivity contribution is 0.0950. The summed E-state index contributed by atoms with van der Waals surface area (Å²) in [5.41, 5.74) is 1.41. The van der Waals surface area contributed by atoms with Crippen molar-refractivity contribution in [3.05, 3.63) is 58.6 Å². The first kappa shape index (κ1) is 11.7. The number of amides is 1. The smallest absolute Gasteiger partial charge is 0.251 e. The van der Waals surface area contributed by atoms with Crippen molar-refractivity contribution in [2.75, 3.05) is 0 Å². The molecule has 0 saturated heterocycles. The Hall–Kier alpha value is -1.75. The predicted octanol–water partition coefficient (Wildman–Crippen LogP) is 2.17. The summed E-state index contributed by atoms with van der Waals surface area (Å²) in [5, 5.41) is 2.79. The highest BCUT2D eigenvalue weighted by atomic mass is 79.9. The lowest BCUT2D eigenvalue weighted by Crippen LogP contribution is -2.23. The number of carbonyl (C=O) groups is 1. The van der Waals surface area contributed by atoms with Gasteiger partial charge in [-0.25, -0.2) is 9.97 Å². The monoisotopic (exact) mass is 291 g/mol. The second-order valence-corrected chi connectivity index (χ2v) is 4.31. The van der Waals surface area contributed by atoms with E-state index in [2.05, 4.69) is 31.2 Å². The molecule has 2 rings (SSSR count). The van der Waals surface area contributed by atoms with Gasteiger partial charge in [0.05, 0.1) is 12.2 Å². The Kier molecular flexibility index (Phi) is 3.82. The van der Waals surface area contributed by atoms with Gasteiger partial charge in [0.15, 0.2) is 0 Å². The Bertz CT molecular complexity index is 499. The average Bonchev–Trinajstić information content (AvgIpc) is 2.38. The third kappa shape index (κ3) is 3.35. The summed E-state index contributed by atoms with van der Waals surface area (Å²) in [5.74, 6) is -0.115. The van der Waals surface area contributed by atoms with Gasteiger partial charge in [-0.2, -0.15) is 0 Å². The van der Waals surface area contributed by atoms with Gasteiger partial charge in [0.25, 0.3) is 5.91 Å². The van der Waals surface area contributed by atoms with E-state index in [1.165, 1.54) is 6.33 Å². The Morgan fingerprint density at radius 2 is 2.00 bits per heavy atom. The van der Waals surface area contributed by atoms with Crippen molar-refractivity contribution in [3.8, 4) is 0 Å². The van der Waals surface area contributed by atoms with Crippen LogP contribution in [0.2, 0.25) is 0 Å². The molecule has 0 radical (unpaired) electrons. The summed E-state index contributed by atoms with van der Waals surface area (Å²) >= 11 is 3.32. The van der Waals surface area contributed by atoms with Crippen LogP contribution >= 0.6 is 15.9 Å². The van der Waals surface area contributed by atoms with Gasteiger partial charge in [0.1, 0.15) is 6.33 Å².